The zero-order valence-electron chi connectivity index (χ0n) is 15.5. The summed E-state index contributed by atoms with van der Waals surface area (Å²) >= 11 is 0. The summed E-state index contributed by atoms with van der Waals surface area (Å²) in [6.07, 6.45) is -2.06. The number of rotatable bonds is 4. The fourth-order valence-corrected chi connectivity index (χ4v) is 3.04. The maximum absolute atomic E-state index is 12.4. The summed E-state index contributed by atoms with van der Waals surface area (Å²) in [6, 6.07) is 6.73. The molecule has 0 atom stereocenters. The van der Waals surface area contributed by atoms with Crippen molar-refractivity contribution in [2.75, 3.05) is 5.32 Å². The van der Waals surface area contributed by atoms with Gasteiger partial charge in [-0.15, -0.1) is 0 Å². The Bertz CT molecular complexity index is 586. The Morgan fingerprint density at radius 3 is 2.08 bits per heavy atom. The number of alkyl halides is 3. The quantitative estimate of drug-likeness (QED) is 0.779. The molecule has 1 aromatic carbocycles. The van der Waals surface area contributed by atoms with Gasteiger partial charge in [-0.05, 0) is 64.2 Å². The van der Waals surface area contributed by atoms with Crippen LogP contribution in [0, 0.1) is 0 Å². The normalized spacial score (nSPS) is 21.2. The average Bonchev–Trinajstić information content (AvgIpc) is 2.48. The second kappa shape index (κ2) is 8.18. The summed E-state index contributed by atoms with van der Waals surface area (Å²) < 4.78 is 42.4. The minimum absolute atomic E-state index is 0.0945. The van der Waals surface area contributed by atoms with Crippen LogP contribution in [0.25, 0.3) is 0 Å². The molecule has 26 heavy (non-hydrogen) atoms. The molecule has 2 N–H and O–H groups in total. The van der Waals surface area contributed by atoms with Crippen LogP contribution in [0.4, 0.5) is 23.7 Å². The van der Waals surface area contributed by atoms with Gasteiger partial charge in [0.05, 0.1) is 6.42 Å². The van der Waals surface area contributed by atoms with E-state index in [-0.39, 0.29) is 17.6 Å². The Kier molecular flexibility index (Phi) is 6.42. The molecule has 146 valence electrons. The van der Waals surface area contributed by atoms with E-state index in [0.717, 1.165) is 31.4 Å². The third-order valence-electron chi connectivity index (χ3n) is 4.18. The van der Waals surface area contributed by atoms with Gasteiger partial charge in [0.15, 0.2) is 0 Å². The molecular formula is C19H27F3N2O2. The van der Waals surface area contributed by atoms with Crippen molar-refractivity contribution in [3.05, 3.63) is 29.8 Å². The van der Waals surface area contributed by atoms with Crippen molar-refractivity contribution < 1.29 is 22.7 Å². The van der Waals surface area contributed by atoms with Crippen molar-refractivity contribution in [2.24, 2.45) is 0 Å². The first-order chi connectivity index (χ1) is 12.0. The molecule has 1 aromatic rings. The van der Waals surface area contributed by atoms with Gasteiger partial charge in [0, 0.05) is 17.8 Å². The first kappa shape index (κ1) is 20.4. The summed E-state index contributed by atoms with van der Waals surface area (Å²) in [7, 11) is 0. The number of anilines is 1. The predicted octanol–water partition coefficient (Wildman–Crippen LogP) is 5.04. The van der Waals surface area contributed by atoms with Gasteiger partial charge in [-0.3, -0.25) is 0 Å². The van der Waals surface area contributed by atoms with Gasteiger partial charge < -0.3 is 15.4 Å². The van der Waals surface area contributed by atoms with Crippen LogP contribution in [-0.2, 0) is 11.2 Å². The van der Waals surface area contributed by atoms with Gasteiger partial charge in [0.25, 0.3) is 0 Å². The monoisotopic (exact) mass is 372 g/mol. The molecule has 0 aliphatic heterocycles. The highest BCUT2D eigenvalue weighted by molar-refractivity contribution is 5.68. The molecule has 0 aromatic heterocycles. The molecule has 0 saturated heterocycles. The van der Waals surface area contributed by atoms with Crippen molar-refractivity contribution in [1.82, 2.24) is 5.32 Å². The van der Waals surface area contributed by atoms with E-state index in [0.29, 0.717) is 0 Å². The molecule has 0 radical (unpaired) electrons. The molecule has 0 bridgehead atoms. The van der Waals surface area contributed by atoms with Crippen LogP contribution in [0.15, 0.2) is 24.3 Å². The zero-order chi connectivity index (χ0) is 19.4. The number of alkyl carbamates (subject to hydrolysis) is 1. The smallest absolute Gasteiger partial charge is 0.407 e. The fraction of sp³-hybridized carbons (Fsp3) is 0.632. The van der Waals surface area contributed by atoms with E-state index in [1.165, 1.54) is 12.1 Å². The van der Waals surface area contributed by atoms with E-state index in [9.17, 15) is 18.0 Å². The molecule has 1 amide bonds. The van der Waals surface area contributed by atoms with E-state index in [2.05, 4.69) is 10.6 Å². The number of nitrogens with one attached hydrogen (secondary N) is 2. The molecule has 0 spiro atoms. The highest BCUT2D eigenvalue weighted by Gasteiger charge is 2.28. The molecule has 1 aliphatic carbocycles. The fourth-order valence-electron chi connectivity index (χ4n) is 3.04. The third kappa shape index (κ3) is 7.54. The molecule has 4 nitrogen and oxygen atoms in total. The van der Waals surface area contributed by atoms with Crippen LogP contribution >= 0.6 is 0 Å². The highest BCUT2D eigenvalue weighted by Crippen LogP contribution is 2.25. The van der Waals surface area contributed by atoms with Gasteiger partial charge in [-0.25, -0.2) is 4.79 Å². The van der Waals surface area contributed by atoms with Gasteiger partial charge in [-0.1, -0.05) is 12.1 Å². The first-order valence-electron chi connectivity index (χ1n) is 8.92. The Morgan fingerprint density at radius 1 is 1.04 bits per heavy atom. The molecule has 0 heterocycles. The summed E-state index contributed by atoms with van der Waals surface area (Å²) in [6.45, 7) is 5.48. The second-order valence-electron chi connectivity index (χ2n) is 7.83. The highest BCUT2D eigenvalue weighted by atomic mass is 19.4. The van der Waals surface area contributed by atoms with E-state index in [4.69, 9.17) is 4.74 Å². The van der Waals surface area contributed by atoms with E-state index < -0.39 is 24.3 Å². The van der Waals surface area contributed by atoms with Crippen LogP contribution in [0.5, 0.6) is 0 Å². The Hall–Kier alpha value is -1.92. The predicted molar refractivity (Wildman–Crippen MR) is 95.2 cm³/mol. The summed E-state index contributed by atoms with van der Waals surface area (Å²) in [5.74, 6) is 0. The van der Waals surface area contributed by atoms with Crippen molar-refractivity contribution in [3.8, 4) is 0 Å². The van der Waals surface area contributed by atoms with E-state index in [1.807, 2.05) is 20.8 Å². The molecule has 1 saturated carbocycles. The number of ether oxygens (including phenoxy) is 1. The van der Waals surface area contributed by atoms with E-state index in [1.54, 1.807) is 12.1 Å². The maximum Gasteiger partial charge on any atom is 0.407 e. The van der Waals surface area contributed by atoms with Crippen molar-refractivity contribution in [3.63, 3.8) is 0 Å². The molecule has 1 fully saturated rings. The summed E-state index contributed by atoms with van der Waals surface area (Å²) in [5, 5.41) is 6.25. The van der Waals surface area contributed by atoms with Crippen molar-refractivity contribution >= 4 is 11.8 Å². The van der Waals surface area contributed by atoms with Crippen molar-refractivity contribution in [1.29, 1.82) is 0 Å². The van der Waals surface area contributed by atoms with Crippen LogP contribution in [-0.4, -0.2) is 30.0 Å². The summed E-state index contributed by atoms with van der Waals surface area (Å²) in [4.78, 5) is 11.8. The number of benzene rings is 1. The first-order valence-corrected chi connectivity index (χ1v) is 8.92. The Labute approximate surface area is 152 Å². The van der Waals surface area contributed by atoms with Gasteiger partial charge >= 0.3 is 12.3 Å². The lowest BCUT2D eigenvalue weighted by Gasteiger charge is -2.31. The molecule has 0 unspecified atom stereocenters. The Balaban J connectivity index is 1.75. The molecule has 2 rings (SSSR count). The lowest BCUT2D eigenvalue weighted by molar-refractivity contribution is -0.127. The largest absolute Gasteiger partial charge is 0.444 e. The lowest BCUT2D eigenvalue weighted by Crippen LogP contribution is -2.42. The minimum atomic E-state index is -4.19. The summed E-state index contributed by atoms with van der Waals surface area (Å²) in [5.41, 5.74) is 0.564. The molecule has 7 heteroatoms. The van der Waals surface area contributed by atoms with Crippen LogP contribution in [0.3, 0.4) is 0 Å². The van der Waals surface area contributed by atoms with Crippen LogP contribution in [0.1, 0.15) is 52.0 Å². The van der Waals surface area contributed by atoms with Crippen molar-refractivity contribution in [2.45, 2.75) is 76.7 Å². The number of carbonyl (C=O) groups excluding carboxylic acids is 1. The third-order valence-corrected chi connectivity index (χ3v) is 4.18. The number of hydrogen-bond acceptors (Lipinski definition) is 3. The van der Waals surface area contributed by atoms with Gasteiger partial charge in [0.2, 0.25) is 0 Å². The lowest BCUT2D eigenvalue weighted by atomic mass is 9.91. The molecular weight excluding hydrogens is 345 g/mol. The topological polar surface area (TPSA) is 50.4 Å². The van der Waals surface area contributed by atoms with Gasteiger partial charge in [0.1, 0.15) is 5.60 Å². The number of carbonyl (C=O) groups is 1. The average molecular weight is 372 g/mol. The van der Waals surface area contributed by atoms with Gasteiger partial charge in [-0.2, -0.15) is 13.2 Å². The van der Waals surface area contributed by atoms with Crippen LogP contribution in [0.2, 0.25) is 0 Å². The standard InChI is InChI=1S/C19H27F3N2O2/c1-18(2,3)26-17(25)24-16-10-8-15(9-11-16)23-14-6-4-13(5-7-14)12-19(20,21)22/h4-7,15-16,23H,8-12H2,1-3H3,(H,24,25). The minimum Gasteiger partial charge on any atom is -0.444 e. The number of hydrogen-bond donors (Lipinski definition) is 2. The number of amides is 1. The Morgan fingerprint density at radius 2 is 1.58 bits per heavy atom. The van der Waals surface area contributed by atoms with Crippen LogP contribution < -0.4 is 10.6 Å². The van der Waals surface area contributed by atoms with E-state index >= 15 is 0 Å². The molecule has 1 aliphatic rings. The maximum atomic E-state index is 12.4. The zero-order valence-corrected chi connectivity index (χ0v) is 15.5. The SMILES string of the molecule is CC(C)(C)OC(=O)NC1CCC(Nc2ccc(CC(F)(F)F)cc2)CC1. The number of halogens is 3. The second-order valence-corrected chi connectivity index (χ2v) is 7.83.